The minimum absolute atomic E-state index is 0. The Balaban J connectivity index is 0.00000228. The molecule has 12 nitrogen and oxygen atoms in total. The third kappa shape index (κ3) is 5.96. The van der Waals surface area contributed by atoms with Gasteiger partial charge in [-0.1, -0.05) is 0 Å². The standard InChI is InChI=1S/C20H22FN5O7S.2Na/c1-2-24-9-13(20(29)30)18(27)12-7-14(21)17(8-16(12)24)25-5-3-23(4-6-25)11-22-15-10-26(19(15)28)34(31,32)33;;/h7-9,11,15H,2-6,10H2,1H3,(H,29,30)(H,31,32,33);;/q;2*+1/p-2/t15-;;/m0../s1. The van der Waals surface area contributed by atoms with E-state index in [2.05, 4.69) is 4.99 Å². The van der Waals surface area contributed by atoms with Crippen molar-refractivity contribution in [2.24, 2.45) is 4.99 Å². The monoisotopic (exact) mass is 539 g/mol. The van der Waals surface area contributed by atoms with Crippen LogP contribution in [0.1, 0.15) is 17.3 Å². The second-order valence-corrected chi connectivity index (χ2v) is 9.19. The summed E-state index contributed by atoms with van der Waals surface area (Å²) in [6.45, 7) is 3.47. The van der Waals surface area contributed by atoms with Gasteiger partial charge in [-0.15, -0.1) is 0 Å². The molecule has 1 aromatic carbocycles. The van der Waals surface area contributed by atoms with Gasteiger partial charge in [0, 0.05) is 44.3 Å². The van der Waals surface area contributed by atoms with Crippen LogP contribution in [0.5, 0.6) is 0 Å². The van der Waals surface area contributed by atoms with E-state index in [4.69, 9.17) is 0 Å². The fourth-order valence-corrected chi connectivity index (χ4v) is 4.66. The van der Waals surface area contributed by atoms with E-state index in [0.717, 1.165) is 6.07 Å². The number of nitrogens with zero attached hydrogens (tertiary/aromatic N) is 5. The largest absolute Gasteiger partial charge is 1.00 e. The summed E-state index contributed by atoms with van der Waals surface area (Å²) in [6, 6.07) is 1.64. The third-order valence-corrected chi connectivity index (χ3v) is 6.78. The van der Waals surface area contributed by atoms with E-state index < -0.39 is 45.0 Å². The van der Waals surface area contributed by atoms with Crippen LogP contribution in [-0.2, 0) is 21.6 Å². The molecule has 1 aromatic heterocycles. The molecule has 3 heterocycles. The maximum Gasteiger partial charge on any atom is 1.00 e. The van der Waals surface area contributed by atoms with E-state index in [1.807, 2.05) is 0 Å². The molecule has 2 aliphatic heterocycles. The number of rotatable bonds is 6. The predicted octanol–water partition coefficient (Wildman–Crippen LogP) is -7.65. The van der Waals surface area contributed by atoms with Gasteiger partial charge >= 0.3 is 59.1 Å². The molecule has 2 aliphatic rings. The zero-order valence-corrected chi connectivity index (χ0v) is 24.8. The maximum atomic E-state index is 14.9. The first-order valence-corrected chi connectivity index (χ1v) is 11.8. The SMILES string of the molecule is CCn1cc(C(=O)[O-])c(=O)c2cc(F)c(N3CCN(C=N[C@H]4CN(S(=O)(=O)[O-])C4=O)CC3)cc21.[Na+].[Na+]. The van der Waals surface area contributed by atoms with Gasteiger partial charge in [0.15, 0.2) is 15.7 Å². The summed E-state index contributed by atoms with van der Waals surface area (Å²) < 4.78 is 49.3. The molecule has 1 amide bonds. The van der Waals surface area contributed by atoms with Crippen molar-refractivity contribution in [3.05, 3.63) is 39.9 Å². The summed E-state index contributed by atoms with van der Waals surface area (Å²) in [7, 11) is -4.81. The molecule has 2 aromatic rings. The number of aromatic carboxylic acids is 1. The minimum Gasteiger partial charge on any atom is -0.731 e. The van der Waals surface area contributed by atoms with Crippen LogP contribution in [0.4, 0.5) is 10.1 Å². The van der Waals surface area contributed by atoms with Crippen LogP contribution in [0.2, 0.25) is 0 Å². The summed E-state index contributed by atoms with van der Waals surface area (Å²) in [6.07, 6.45) is 2.61. The van der Waals surface area contributed by atoms with Gasteiger partial charge < -0.3 is 28.8 Å². The van der Waals surface area contributed by atoms with Gasteiger partial charge in [0.2, 0.25) is 0 Å². The number of carboxylic acid groups (broad SMARTS) is 1. The number of pyridine rings is 1. The van der Waals surface area contributed by atoms with E-state index in [1.54, 1.807) is 21.3 Å². The number of fused-ring (bicyclic) bond motifs is 1. The number of anilines is 1. The number of amides is 1. The normalized spacial score (nSPS) is 18.1. The van der Waals surface area contributed by atoms with Gasteiger partial charge in [-0.3, -0.25) is 14.6 Å². The van der Waals surface area contributed by atoms with Gasteiger partial charge in [0.25, 0.3) is 5.91 Å². The first-order chi connectivity index (χ1) is 16.0. The van der Waals surface area contributed by atoms with Crippen molar-refractivity contribution in [1.29, 1.82) is 0 Å². The molecule has 36 heavy (non-hydrogen) atoms. The number of carboxylic acids is 1. The summed E-state index contributed by atoms with van der Waals surface area (Å²) in [5.41, 5.74) is -0.674. The van der Waals surface area contributed by atoms with Gasteiger partial charge in [0.05, 0.1) is 35.6 Å². The quantitative estimate of drug-likeness (QED) is 0.114. The number of aromatic nitrogens is 1. The van der Waals surface area contributed by atoms with E-state index in [1.165, 1.54) is 18.6 Å². The van der Waals surface area contributed by atoms with Crippen molar-refractivity contribution < 1.29 is 91.2 Å². The first kappa shape index (κ1) is 30.7. The van der Waals surface area contributed by atoms with Crippen LogP contribution in [0.3, 0.4) is 0 Å². The van der Waals surface area contributed by atoms with E-state index in [9.17, 15) is 36.9 Å². The van der Waals surface area contributed by atoms with Crippen LogP contribution in [0, 0.1) is 5.82 Å². The molecule has 0 N–H and O–H groups in total. The van der Waals surface area contributed by atoms with E-state index in [0.29, 0.717) is 38.2 Å². The molecule has 4 rings (SSSR count). The Kier molecular flexibility index (Phi) is 10.1. The molecule has 0 bridgehead atoms. The molecule has 16 heteroatoms. The van der Waals surface area contributed by atoms with Gasteiger partial charge in [-0.2, -0.15) is 0 Å². The van der Waals surface area contributed by atoms with Gasteiger partial charge in [-0.05, 0) is 19.1 Å². The molecule has 1 atom stereocenters. The Morgan fingerprint density at radius 1 is 1.19 bits per heavy atom. The van der Waals surface area contributed by atoms with Crippen molar-refractivity contribution >= 4 is 45.1 Å². The zero-order chi connectivity index (χ0) is 24.8. The number of carbonyl (C=O) groups excluding carboxylic acids is 2. The fourth-order valence-electron chi connectivity index (χ4n) is 3.99. The molecule has 0 radical (unpaired) electrons. The molecule has 182 valence electrons. The molecule has 2 fully saturated rings. The number of hydrogen-bond acceptors (Lipinski definition) is 9. The summed E-state index contributed by atoms with van der Waals surface area (Å²) >= 11 is 0. The summed E-state index contributed by atoms with van der Waals surface area (Å²) in [5, 5.41) is 11.2. The second kappa shape index (κ2) is 11.9. The van der Waals surface area contributed by atoms with Crippen molar-refractivity contribution in [3.8, 4) is 0 Å². The molecular formula is C20H20FN5Na2O7S. The average molecular weight is 539 g/mol. The number of carbonyl (C=O) groups is 2. The molecule has 0 unspecified atom stereocenters. The predicted molar refractivity (Wildman–Crippen MR) is 116 cm³/mol. The topological polar surface area (TPSA) is 158 Å². The summed E-state index contributed by atoms with van der Waals surface area (Å²) in [4.78, 5) is 43.0. The fraction of sp³-hybridized carbons (Fsp3) is 0.400. The molecular weight excluding hydrogens is 519 g/mol. The number of benzene rings is 1. The zero-order valence-electron chi connectivity index (χ0n) is 20.0. The number of aryl methyl sites for hydroxylation is 1. The Morgan fingerprint density at radius 2 is 1.83 bits per heavy atom. The number of hydrogen-bond donors (Lipinski definition) is 0. The Morgan fingerprint density at radius 3 is 2.36 bits per heavy atom. The molecule has 0 saturated carbocycles. The average Bonchev–Trinajstić information content (AvgIpc) is 2.77. The number of piperazine rings is 1. The second-order valence-electron chi connectivity index (χ2n) is 7.90. The minimum atomic E-state index is -4.81. The maximum absolute atomic E-state index is 14.9. The van der Waals surface area contributed by atoms with Crippen LogP contribution in [-0.4, -0.2) is 83.7 Å². The Bertz CT molecular complexity index is 1380. The number of halogens is 1. The van der Waals surface area contributed by atoms with Crippen LogP contribution < -0.4 is 74.5 Å². The van der Waals surface area contributed by atoms with E-state index >= 15 is 0 Å². The van der Waals surface area contributed by atoms with Crippen molar-refractivity contribution in [1.82, 2.24) is 13.8 Å². The summed E-state index contributed by atoms with van der Waals surface area (Å²) in [5.74, 6) is -3.15. The molecule has 0 aliphatic carbocycles. The van der Waals surface area contributed by atoms with Crippen molar-refractivity contribution in [2.45, 2.75) is 19.5 Å². The van der Waals surface area contributed by atoms with Crippen LogP contribution in [0.25, 0.3) is 10.9 Å². The Labute approximate surface area is 250 Å². The number of aliphatic imine (C=N–C) groups is 1. The van der Waals surface area contributed by atoms with Gasteiger partial charge in [-0.25, -0.2) is 17.1 Å². The smallest absolute Gasteiger partial charge is 0.731 e. The molecule has 0 spiro atoms. The van der Waals surface area contributed by atoms with Crippen LogP contribution in [0.15, 0.2) is 28.1 Å². The number of β-lactam (4-membered cyclic amide) rings is 1. The van der Waals surface area contributed by atoms with Crippen molar-refractivity contribution in [3.63, 3.8) is 0 Å². The molecule has 2 saturated heterocycles. The van der Waals surface area contributed by atoms with E-state index in [-0.39, 0.29) is 81.0 Å². The first-order valence-electron chi connectivity index (χ1n) is 10.4. The Hall–Kier alpha value is -1.52. The third-order valence-electron chi connectivity index (χ3n) is 5.91. The van der Waals surface area contributed by atoms with Crippen LogP contribution >= 0.6 is 0 Å². The van der Waals surface area contributed by atoms with Gasteiger partial charge in [0.1, 0.15) is 11.9 Å². The van der Waals surface area contributed by atoms with Crippen molar-refractivity contribution in [2.75, 3.05) is 37.6 Å².